The number of para-hydroxylation sites is 1. The molecule has 2 amide bonds. The lowest BCUT2D eigenvalue weighted by atomic mass is 10.1. The summed E-state index contributed by atoms with van der Waals surface area (Å²) < 4.78 is 6.49. The van der Waals surface area contributed by atoms with Crippen LogP contribution in [0.5, 0.6) is 0 Å². The summed E-state index contributed by atoms with van der Waals surface area (Å²) in [6.45, 7) is 1.87. The first-order chi connectivity index (χ1) is 14.0. The number of halogens is 1. The third kappa shape index (κ3) is 4.17. The summed E-state index contributed by atoms with van der Waals surface area (Å²) >= 11 is 2.14. The lowest BCUT2D eigenvalue weighted by Crippen LogP contribution is -2.14. The van der Waals surface area contributed by atoms with Crippen molar-refractivity contribution in [3.05, 3.63) is 93.3 Å². The van der Waals surface area contributed by atoms with E-state index in [-0.39, 0.29) is 17.6 Å². The summed E-state index contributed by atoms with van der Waals surface area (Å²) in [7, 11) is 0. The number of fused-ring (bicyclic) bond motifs is 1. The molecule has 0 atom stereocenters. The molecule has 6 heteroatoms. The second-order valence-corrected chi connectivity index (χ2v) is 7.73. The van der Waals surface area contributed by atoms with Crippen LogP contribution >= 0.6 is 22.6 Å². The average Bonchev–Trinajstić information content (AvgIpc) is 3.15. The van der Waals surface area contributed by atoms with Crippen LogP contribution in [0, 0.1) is 10.5 Å². The fraction of sp³-hybridized carbons (Fsp3) is 0.0435. The zero-order chi connectivity index (χ0) is 20.4. The van der Waals surface area contributed by atoms with E-state index in [4.69, 9.17) is 4.42 Å². The number of nitrogens with one attached hydrogen (secondary N) is 2. The van der Waals surface area contributed by atoms with Crippen LogP contribution in [-0.4, -0.2) is 11.8 Å². The molecule has 0 aliphatic heterocycles. The van der Waals surface area contributed by atoms with Gasteiger partial charge in [0.15, 0.2) is 5.76 Å². The fourth-order valence-corrected chi connectivity index (χ4v) is 3.64. The molecule has 1 heterocycles. The molecule has 0 aliphatic carbocycles. The summed E-state index contributed by atoms with van der Waals surface area (Å²) in [6, 6.07) is 21.9. The molecule has 0 radical (unpaired) electrons. The van der Waals surface area contributed by atoms with Gasteiger partial charge < -0.3 is 15.1 Å². The van der Waals surface area contributed by atoms with Gasteiger partial charge in [-0.3, -0.25) is 9.59 Å². The number of aryl methyl sites for hydroxylation is 1. The van der Waals surface area contributed by atoms with Gasteiger partial charge in [-0.15, -0.1) is 0 Å². The second-order valence-electron chi connectivity index (χ2n) is 6.57. The van der Waals surface area contributed by atoms with E-state index < -0.39 is 0 Å². The van der Waals surface area contributed by atoms with E-state index in [1.54, 1.807) is 24.3 Å². The van der Waals surface area contributed by atoms with E-state index in [9.17, 15) is 9.59 Å². The molecule has 0 unspecified atom stereocenters. The molecule has 4 aromatic rings. The highest BCUT2D eigenvalue weighted by Gasteiger charge is 2.14. The van der Waals surface area contributed by atoms with Crippen molar-refractivity contribution < 1.29 is 14.0 Å². The third-order valence-electron chi connectivity index (χ3n) is 4.50. The Bertz CT molecular complexity index is 1200. The van der Waals surface area contributed by atoms with Gasteiger partial charge in [-0.25, -0.2) is 0 Å². The van der Waals surface area contributed by atoms with Crippen molar-refractivity contribution in [3.8, 4) is 0 Å². The summed E-state index contributed by atoms with van der Waals surface area (Å²) in [5.41, 5.74) is 3.43. The highest BCUT2D eigenvalue weighted by Crippen LogP contribution is 2.24. The van der Waals surface area contributed by atoms with E-state index in [1.807, 2.05) is 55.5 Å². The van der Waals surface area contributed by atoms with E-state index in [0.29, 0.717) is 22.5 Å². The van der Waals surface area contributed by atoms with Crippen LogP contribution in [0.15, 0.2) is 77.2 Å². The quantitative estimate of drug-likeness (QED) is 0.349. The molecule has 0 spiro atoms. The van der Waals surface area contributed by atoms with Crippen molar-refractivity contribution >= 4 is 56.7 Å². The van der Waals surface area contributed by atoms with Crippen LogP contribution < -0.4 is 10.6 Å². The molecule has 2 N–H and O–H groups in total. The molecule has 0 saturated carbocycles. The topological polar surface area (TPSA) is 71.3 Å². The van der Waals surface area contributed by atoms with Crippen molar-refractivity contribution in [1.29, 1.82) is 0 Å². The summed E-state index contributed by atoms with van der Waals surface area (Å²) in [6.07, 6.45) is 0. The van der Waals surface area contributed by atoms with Crippen LogP contribution in [0.3, 0.4) is 0 Å². The maximum Gasteiger partial charge on any atom is 0.291 e. The Balaban J connectivity index is 1.49. The molecule has 3 aromatic carbocycles. The molecular weight excluding hydrogens is 479 g/mol. The van der Waals surface area contributed by atoms with E-state index in [0.717, 1.165) is 14.5 Å². The summed E-state index contributed by atoms with van der Waals surface area (Å²) in [5.74, 6) is -0.241. The van der Waals surface area contributed by atoms with Gasteiger partial charge in [-0.05, 0) is 77.5 Å². The van der Waals surface area contributed by atoms with Gasteiger partial charge >= 0.3 is 0 Å². The van der Waals surface area contributed by atoms with E-state index in [2.05, 4.69) is 33.2 Å². The van der Waals surface area contributed by atoms with Gasteiger partial charge in [0, 0.05) is 20.3 Å². The number of carbonyl (C=O) groups excluding carboxylic acids is 2. The number of hydrogen-bond acceptors (Lipinski definition) is 3. The normalized spacial score (nSPS) is 10.7. The monoisotopic (exact) mass is 496 g/mol. The van der Waals surface area contributed by atoms with Crippen LogP contribution in [-0.2, 0) is 0 Å². The van der Waals surface area contributed by atoms with Crippen molar-refractivity contribution in [2.24, 2.45) is 0 Å². The van der Waals surface area contributed by atoms with E-state index >= 15 is 0 Å². The lowest BCUT2D eigenvalue weighted by Gasteiger charge is -2.11. The minimum absolute atomic E-state index is 0.173. The molecule has 0 fully saturated rings. The van der Waals surface area contributed by atoms with Crippen LogP contribution in [0.4, 0.5) is 11.4 Å². The Morgan fingerprint density at radius 1 is 0.862 bits per heavy atom. The molecule has 5 nitrogen and oxygen atoms in total. The average molecular weight is 496 g/mol. The number of rotatable bonds is 4. The number of furan rings is 1. The Hall–Kier alpha value is -3.13. The first-order valence-corrected chi connectivity index (χ1v) is 10.1. The summed E-state index contributed by atoms with van der Waals surface area (Å²) in [4.78, 5) is 25.0. The SMILES string of the molecule is Cc1cc(NC(=O)c2ccccc2I)ccc1NC(=O)c1cc2ccccc2o1. The van der Waals surface area contributed by atoms with Gasteiger partial charge in [-0.2, -0.15) is 0 Å². The van der Waals surface area contributed by atoms with Crippen molar-refractivity contribution in [1.82, 2.24) is 0 Å². The van der Waals surface area contributed by atoms with Crippen LogP contribution in [0.25, 0.3) is 11.0 Å². The Kier molecular flexibility index (Phi) is 5.35. The first kappa shape index (κ1) is 19.2. The highest BCUT2D eigenvalue weighted by molar-refractivity contribution is 14.1. The number of anilines is 2. The maximum absolute atomic E-state index is 12.5. The van der Waals surface area contributed by atoms with Crippen molar-refractivity contribution in [2.75, 3.05) is 10.6 Å². The number of amides is 2. The zero-order valence-electron chi connectivity index (χ0n) is 15.5. The highest BCUT2D eigenvalue weighted by atomic mass is 127. The van der Waals surface area contributed by atoms with Gasteiger partial charge in [0.25, 0.3) is 11.8 Å². The molecule has 1 aromatic heterocycles. The van der Waals surface area contributed by atoms with Gasteiger partial charge in [0.2, 0.25) is 0 Å². The van der Waals surface area contributed by atoms with Crippen molar-refractivity contribution in [3.63, 3.8) is 0 Å². The lowest BCUT2D eigenvalue weighted by molar-refractivity contribution is 0.0996. The Labute approximate surface area is 181 Å². The number of benzene rings is 3. The predicted molar refractivity (Wildman–Crippen MR) is 122 cm³/mol. The minimum atomic E-state index is -0.320. The van der Waals surface area contributed by atoms with Gasteiger partial charge in [0.1, 0.15) is 5.58 Å². The molecule has 4 rings (SSSR count). The molecule has 0 aliphatic rings. The molecule has 0 saturated heterocycles. The Morgan fingerprint density at radius 3 is 2.38 bits per heavy atom. The molecule has 0 bridgehead atoms. The van der Waals surface area contributed by atoms with Crippen LogP contribution in [0.1, 0.15) is 26.5 Å². The fourth-order valence-electron chi connectivity index (χ4n) is 3.00. The van der Waals surface area contributed by atoms with E-state index in [1.165, 1.54) is 0 Å². The molecular formula is C23H17IN2O3. The standard InChI is InChI=1S/C23H17IN2O3/c1-14-12-16(25-22(27)17-7-3-4-8-18(17)24)10-11-19(14)26-23(28)21-13-15-6-2-5-9-20(15)29-21/h2-13H,1H3,(H,25,27)(H,26,28). The molecule has 29 heavy (non-hydrogen) atoms. The van der Waals surface area contributed by atoms with Crippen molar-refractivity contribution in [2.45, 2.75) is 6.92 Å². The third-order valence-corrected chi connectivity index (χ3v) is 5.44. The predicted octanol–water partition coefficient (Wildman–Crippen LogP) is 5.85. The molecule has 144 valence electrons. The zero-order valence-corrected chi connectivity index (χ0v) is 17.7. The number of hydrogen-bond donors (Lipinski definition) is 2. The van der Waals surface area contributed by atoms with Gasteiger partial charge in [-0.1, -0.05) is 30.3 Å². The van der Waals surface area contributed by atoms with Gasteiger partial charge in [0.05, 0.1) is 5.56 Å². The van der Waals surface area contributed by atoms with Crippen LogP contribution in [0.2, 0.25) is 0 Å². The maximum atomic E-state index is 12.5. The number of carbonyl (C=O) groups is 2. The smallest absolute Gasteiger partial charge is 0.291 e. The largest absolute Gasteiger partial charge is 0.451 e. The second kappa shape index (κ2) is 8.08. The minimum Gasteiger partial charge on any atom is -0.451 e. The summed E-state index contributed by atoms with van der Waals surface area (Å²) in [5, 5.41) is 6.63. The first-order valence-electron chi connectivity index (χ1n) is 8.98. The Morgan fingerprint density at radius 2 is 1.62 bits per heavy atom.